The molecule has 0 fully saturated rings. The molecule has 0 spiro atoms. The summed E-state index contributed by atoms with van der Waals surface area (Å²) in [5, 5.41) is 4.70. The van der Waals surface area contributed by atoms with E-state index in [1.807, 2.05) is 30.5 Å². The molecule has 8 aromatic carbocycles. The fourth-order valence-electron chi connectivity index (χ4n) is 9.64. The molecule has 0 radical (unpaired) electrons. The lowest BCUT2D eigenvalue weighted by Crippen LogP contribution is -2.15. The van der Waals surface area contributed by atoms with Crippen molar-refractivity contribution in [2.45, 2.75) is 12.3 Å². The molecule has 1 unspecified atom stereocenters. The summed E-state index contributed by atoms with van der Waals surface area (Å²) in [5.74, 6) is 2.15. The van der Waals surface area contributed by atoms with E-state index in [9.17, 15) is 0 Å². The van der Waals surface area contributed by atoms with Gasteiger partial charge >= 0.3 is 0 Å². The number of hydrogen-bond donors (Lipinski definition) is 0. The summed E-state index contributed by atoms with van der Waals surface area (Å²) >= 11 is 0. The molecule has 296 valence electrons. The van der Waals surface area contributed by atoms with Gasteiger partial charge in [-0.15, -0.1) is 0 Å². The molecule has 3 heterocycles. The number of aromatic nitrogens is 4. The zero-order valence-corrected chi connectivity index (χ0v) is 34.3. The second-order valence-electron chi connectivity index (χ2n) is 16.2. The molecule has 63 heavy (non-hydrogen) atoms. The lowest BCUT2D eigenvalue weighted by molar-refractivity contribution is 0.833. The minimum Gasteiger partial charge on any atom is -0.313 e. The van der Waals surface area contributed by atoms with Crippen LogP contribution in [0.1, 0.15) is 23.5 Å². The van der Waals surface area contributed by atoms with Crippen molar-refractivity contribution in [2.24, 2.45) is 0 Å². The Morgan fingerprint density at radius 2 is 0.968 bits per heavy atom. The normalized spacial score (nSPS) is 14.3. The molecule has 2 aliphatic rings. The van der Waals surface area contributed by atoms with Crippen LogP contribution >= 0.6 is 0 Å². The van der Waals surface area contributed by atoms with Gasteiger partial charge in [-0.3, -0.25) is 4.98 Å². The summed E-state index contributed by atoms with van der Waals surface area (Å²) in [6, 6.07) is 68.7. The van der Waals surface area contributed by atoms with Crippen LogP contribution in [0.15, 0.2) is 224 Å². The van der Waals surface area contributed by atoms with E-state index in [4.69, 9.17) is 15.0 Å². The number of pyridine rings is 1. The van der Waals surface area contributed by atoms with Gasteiger partial charge in [0.2, 0.25) is 0 Å². The predicted octanol–water partition coefficient (Wildman–Crippen LogP) is 14.5. The third kappa shape index (κ3) is 6.41. The molecule has 10 aromatic rings. The summed E-state index contributed by atoms with van der Waals surface area (Å²) in [4.78, 5) is 22.2. The summed E-state index contributed by atoms with van der Waals surface area (Å²) in [6.45, 7) is 0. The summed E-state index contributed by atoms with van der Waals surface area (Å²) in [5.41, 5.74) is 15.1. The number of benzene rings is 8. The van der Waals surface area contributed by atoms with Crippen LogP contribution < -0.4 is 4.90 Å². The maximum Gasteiger partial charge on any atom is 0.164 e. The van der Waals surface area contributed by atoms with Crippen LogP contribution in [0.5, 0.6) is 0 Å². The number of fused-ring (bicyclic) bond motifs is 5. The largest absolute Gasteiger partial charge is 0.313 e. The maximum atomic E-state index is 5.21. The average molecular weight is 806 g/mol. The van der Waals surface area contributed by atoms with E-state index in [1.54, 1.807) is 6.20 Å². The van der Waals surface area contributed by atoms with Gasteiger partial charge in [-0.1, -0.05) is 164 Å². The third-order valence-electron chi connectivity index (χ3n) is 12.6. The highest BCUT2D eigenvalue weighted by Crippen LogP contribution is 2.53. The molecule has 1 aliphatic heterocycles. The van der Waals surface area contributed by atoms with Crippen LogP contribution in [-0.4, -0.2) is 19.9 Å². The highest BCUT2D eigenvalue weighted by atomic mass is 15.2. The van der Waals surface area contributed by atoms with Gasteiger partial charge in [-0.25, -0.2) is 15.0 Å². The fourth-order valence-corrected chi connectivity index (χ4v) is 9.64. The molecule has 12 rings (SSSR count). The van der Waals surface area contributed by atoms with E-state index in [1.165, 1.54) is 55.7 Å². The van der Waals surface area contributed by atoms with Gasteiger partial charge in [-0.2, -0.15) is 0 Å². The molecule has 1 aliphatic carbocycles. The first-order valence-corrected chi connectivity index (χ1v) is 21.5. The molecule has 0 bridgehead atoms. The quantitative estimate of drug-likeness (QED) is 0.161. The second-order valence-corrected chi connectivity index (χ2v) is 16.2. The number of para-hydroxylation sites is 2. The first-order chi connectivity index (χ1) is 31.2. The van der Waals surface area contributed by atoms with E-state index in [0.29, 0.717) is 17.5 Å². The van der Waals surface area contributed by atoms with Crippen LogP contribution in [0.4, 0.5) is 11.4 Å². The first kappa shape index (κ1) is 36.6. The van der Waals surface area contributed by atoms with Crippen molar-refractivity contribution < 1.29 is 0 Å². The van der Waals surface area contributed by atoms with E-state index >= 15 is 0 Å². The van der Waals surface area contributed by atoms with Crippen molar-refractivity contribution >= 4 is 38.5 Å². The van der Waals surface area contributed by atoms with Gasteiger partial charge in [0.15, 0.2) is 17.5 Å². The molecule has 1 atom stereocenters. The van der Waals surface area contributed by atoms with Crippen LogP contribution in [0, 0.1) is 0 Å². The highest BCUT2D eigenvalue weighted by molar-refractivity contribution is 6.11. The molecule has 5 nitrogen and oxygen atoms in total. The van der Waals surface area contributed by atoms with Gasteiger partial charge < -0.3 is 4.90 Å². The Morgan fingerprint density at radius 1 is 0.413 bits per heavy atom. The van der Waals surface area contributed by atoms with E-state index in [-0.39, 0.29) is 5.92 Å². The van der Waals surface area contributed by atoms with Gasteiger partial charge in [0.1, 0.15) is 0 Å². The van der Waals surface area contributed by atoms with Crippen LogP contribution in [0.25, 0.3) is 83.5 Å². The molecule has 0 amide bonds. The van der Waals surface area contributed by atoms with Crippen molar-refractivity contribution in [1.82, 2.24) is 19.9 Å². The Hall–Kier alpha value is -8.28. The predicted molar refractivity (Wildman–Crippen MR) is 258 cm³/mol. The van der Waals surface area contributed by atoms with Gasteiger partial charge in [0.25, 0.3) is 0 Å². The number of anilines is 2. The maximum absolute atomic E-state index is 5.21. The van der Waals surface area contributed by atoms with Crippen molar-refractivity contribution in [1.29, 1.82) is 0 Å². The molecular formula is C58H39N5. The minimum absolute atomic E-state index is 0.278. The Labute approximate surface area is 366 Å². The van der Waals surface area contributed by atoms with Crippen LogP contribution in [-0.2, 0) is 0 Å². The Balaban J connectivity index is 0.964. The van der Waals surface area contributed by atoms with E-state index < -0.39 is 0 Å². The average Bonchev–Trinajstić information content (AvgIpc) is 3.70. The molecular weight excluding hydrogens is 767 g/mol. The van der Waals surface area contributed by atoms with Crippen molar-refractivity contribution in [3.05, 3.63) is 235 Å². The van der Waals surface area contributed by atoms with Crippen LogP contribution in [0.2, 0.25) is 0 Å². The van der Waals surface area contributed by atoms with Gasteiger partial charge in [-0.05, 0) is 104 Å². The third-order valence-corrected chi connectivity index (χ3v) is 12.6. The number of rotatable bonds is 7. The first-order valence-electron chi connectivity index (χ1n) is 21.5. The van der Waals surface area contributed by atoms with Crippen molar-refractivity contribution in [3.63, 3.8) is 0 Å². The Morgan fingerprint density at radius 3 is 1.70 bits per heavy atom. The zero-order valence-electron chi connectivity index (χ0n) is 34.3. The smallest absolute Gasteiger partial charge is 0.164 e. The summed E-state index contributed by atoms with van der Waals surface area (Å²) < 4.78 is 0. The van der Waals surface area contributed by atoms with Crippen molar-refractivity contribution in [2.75, 3.05) is 4.90 Å². The Bertz CT molecular complexity index is 3430. The van der Waals surface area contributed by atoms with E-state index in [2.05, 4.69) is 192 Å². The van der Waals surface area contributed by atoms with Gasteiger partial charge in [0.05, 0.1) is 0 Å². The highest BCUT2D eigenvalue weighted by Gasteiger charge is 2.36. The number of nitrogens with zero attached hydrogens (tertiary/aromatic N) is 5. The molecule has 2 aromatic heterocycles. The monoisotopic (exact) mass is 805 g/mol. The molecule has 0 N–H and O–H groups in total. The lowest BCUT2D eigenvalue weighted by atomic mass is 9.82. The van der Waals surface area contributed by atoms with Crippen molar-refractivity contribution in [3.8, 4) is 56.4 Å². The van der Waals surface area contributed by atoms with Crippen LogP contribution in [0.3, 0.4) is 0 Å². The fraction of sp³-hybridized carbons (Fsp3) is 0.0345. The van der Waals surface area contributed by atoms with Gasteiger partial charge in [0, 0.05) is 57.6 Å². The topological polar surface area (TPSA) is 54.8 Å². The Kier molecular flexibility index (Phi) is 8.89. The lowest BCUT2D eigenvalue weighted by Gasteiger charge is -2.27. The standard InChI is InChI=1S/C58H39N5/c1-3-15-38(16-4-1)56-60-57(41-18-13-17-39(35-41)42-19-14-34-59-37-42)62-58(61-56)52-32-31-50(47-24-9-10-25-48(47)52)49-30-29-44(45-22-7-8-23-46(45)49)40-28-33-55-53(36-40)51-26-11-12-27-54(51)63(55)43-20-5-2-6-21-43/h1-35,37,53H,36H2. The summed E-state index contributed by atoms with van der Waals surface area (Å²) in [6.07, 6.45) is 9.30. The van der Waals surface area contributed by atoms with E-state index in [0.717, 1.165) is 45.0 Å². The SMILES string of the molecule is C1=C(c2ccc(-c3ccc(-c4nc(-c5ccccc5)nc(-c5cccc(-c6cccnc6)c5)n4)c4ccccc34)c3ccccc23)CC2C(=C1)N(c1ccccc1)c1ccccc12. The molecule has 0 saturated heterocycles. The zero-order chi connectivity index (χ0) is 41.7. The molecule has 0 saturated carbocycles. The summed E-state index contributed by atoms with van der Waals surface area (Å²) in [7, 11) is 0. The molecule has 5 heteroatoms. The second kappa shape index (κ2) is 15.3. The minimum atomic E-state index is 0.278. The number of allylic oxidation sites excluding steroid dienone is 4. The number of hydrogen-bond acceptors (Lipinski definition) is 5.